The van der Waals surface area contributed by atoms with Crippen LogP contribution in [-0.4, -0.2) is 56.1 Å². The van der Waals surface area contributed by atoms with Crippen LogP contribution in [0.3, 0.4) is 0 Å². The quantitative estimate of drug-likeness (QED) is 0.452. The number of nitrogens with zero attached hydrogens (tertiary/aromatic N) is 2. The van der Waals surface area contributed by atoms with Gasteiger partial charge in [0.1, 0.15) is 11.4 Å². The molecule has 0 aliphatic carbocycles. The van der Waals surface area contributed by atoms with Gasteiger partial charge in [-0.3, -0.25) is 10.1 Å². The number of halogens is 3. The molecular formula is C15H15F3N2O6. The highest BCUT2D eigenvalue weighted by Gasteiger charge is 2.67. The van der Waals surface area contributed by atoms with Crippen LogP contribution in [0.2, 0.25) is 0 Å². The van der Waals surface area contributed by atoms with Gasteiger partial charge in [-0.15, -0.1) is 0 Å². The molecule has 0 spiro atoms. The zero-order valence-corrected chi connectivity index (χ0v) is 13.7. The SMILES string of the molecule is COC(=O)C1(C(F)(F)F)Cc2cc([N+](=O)[O-])c(N3CCOCC3)cc2O1. The smallest absolute Gasteiger partial charge is 0.439 e. The Kier molecular flexibility index (Phi) is 4.42. The first kappa shape index (κ1) is 18.2. The van der Waals surface area contributed by atoms with Crippen LogP contribution in [0.4, 0.5) is 24.5 Å². The molecule has 8 nitrogen and oxygen atoms in total. The Balaban J connectivity index is 2.07. The first-order valence-corrected chi connectivity index (χ1v) is 7.68. The molecule has 1 atom stereocenters. The molecule has 11 heteroatoms. The summed E-state index contributed by atoms with van der Waals surface area (Å²) in [7, 11) is 0.823. The van der Waals surface area contributed by atoms with Crippen molar-refractivity contribution in [3.8, 4) is 5.75 Å². The average molecular weight is 376 g/mol. The van der Waals surface area contributed by atoms with Gasteiger partial charge >= 0.3 is 17.7 Å². The van der Waals surface area contributed by atoms with Gasteiger partial charge in [0.15, 0.2) is 0 Å². The van der Waals surface area contributed by atoms with Crippen molar-refractivity contribution in [2.75, 3.05) is 38.3 Å². The van der Waals surface area contributed by atoms with Gasteiger partial charge in [-0.2, -0.15) is 13.2 Å². The van der Waals surface area contributed by atoms with E-state index in [1.165, 1.54) is 6.07 Å². The van der Waals surface area contributed by atoms with Crippen LogP contribution in [0.15, 0.2) is 12.1 Å². The summed E-state index contributed by atoms with van der Waals surface area (Å²) in [4.78, 5) is 24.2. The molecule has 142 valence electrons. The Hall–Kier alpha value is -2.56. The Morgan fingerprint density at radius 2 is 2.00 bits per heavy atom. The third kappa shape index (κ3) is 2.81. The van der Waals surface area contributed by atoms with Crippen LogP contribution in [0.5, 0.6) is 5.75 Å². The van der Waals surface area contributed by atoms with Crippen molar-refractivity contribution in [3.05, 3.63) is 27.8 Å². The summed E-state index contributed by atoms with van der Waals surface area (Å²) in [6, 6.07) is 2.20. The normalized spacial score (nSPS) is 22.5. The van der Waals surface area contributed by atoms with Crippen LogP contribution >= 0.6 is 0 Å². The summed E-state index contributed by atoms with van der Waals surface area (Å²) in [5.74, 6) is -1.82. The predicted octanol–water partition coefficient (Wildman–Crippen LogP) is 1.84. The summed E-state index contributed by atoms with van der Waals surface area (Å²) >= 11 is 0. The summed E-state index contributed by atoms with van der Waals surface area (Å²) < 4.78 is 55.1. The predicted molar refractivity (Wildman–Crippen MR) is 81.3 cm³/mol. The number of nitro groups is 1. The third-order valence-corrected chi connectivity index (χ3v) is 4.40. The molecule has 2 heterocycles. The first-order chi connectivity index (χ1) is 12.2. The summed E-state index contributed by atoms with van der Waals surface area (Å²) in [6.45, 7) is 1.37. The molecule has 0 N–H and O–H groups in total. The maximum atomic E-state index is 13.5. The summed E-state index contributed by atoms with van der Waals surface area (Å²) in [5, 5.41) is 11.4. The molecule has 2 aliphatic heterocycles. The highest BCUT2D eigenvalue weighted by Crippen LogP contribution is 2.48. The molecule has 1 unspecified atom stereocenters. The van der Waals surface area contributed by atoms with Crippen LogP contribution in [0.1, 0.15) is 5.56 Å². The zero-order valence-electron chi connectivity index (χ0n) is 13.7. The number of hydrogen-bond donors (Lipinski definition) is 0. The summed E-state index contributed by atoms with van der Waals surface area (Å²) in [6.07, 6.45) is -5.93. The van der Waals surface area contributed by atoms with Crippen LogP contribution in [-0.2, 0) is 20.7 Å². The second kappa shape index (κ2) is 6.31. The number of nitro benzene ring substituents is 1. The molecule has 26 heavy (non-hydrogen) atoms. The fourth-order valence-electron chi connectivity index (χ4n) is 3.08. The molecule has 0 amide bonds. The fourth-order valence-corrected chi connectivity index (χ4v) is 3.08. The van der Waals surface area contributed by atoms with Crippen LogP contribution in [0, 0.1) is 10.1 Å². The second-order valence-electron chi connectivity index (χ2n) is 5.90. The topological polar surface area (TPSA) is 91.1 Å². The lowest BCUT2D eigenvalue weighted by molar-refractivity contribution is -0.384. The van der Waals surface area contributed by atoms with Crippen molar-refractivity contribution >= 4 is 17.3 Å². The lowest BCUT2D eigenvalue weighted by Crippen LogP contribution is -2.56. The van der Waals surface area contributed by atoms with Crippen molar-refractivity contribution in [2.24, 2.45) is 0 Å². The first-order valence-electron chi connectivity index (χ1n) is 7.68. The maximum absolute atomic E-state index is 13.5. The van der Waals surface area contributed by atoms with Crippen molar-refractivity contribution in [3.63, 3.8) is 0 Å². The number of hydrogen-bond acceptors (Lipinski definition) is 7. The minimum Gasteiger partial charge on any atom is -0.466 e. The number of alkyl halides is 3. The molecule has 2 aliphatic rings. The van der Waals surface area contributed by atoms with Gasteiger partial charge in [0, 0.05) is 37.2 Å². The standard InChI is InChI=1S/C15H15F3N2O6/c1-24-13(21)14(15(16,17)18)8-9-6-11(20(22)23)10(7-12(9)26-14)19-2-4-25-5-3-19/h6-7H,2-5,8H2,1H3. The largest absolute Gasteiger partial charge is 0.466 e. The van der Waals surface area contributed by atoms with Gasteiger partial charge in [-0.25, -0.2) is 4.79 Å². The number of benzene rings is 1. The van der Waals surface area contributed by atoms with E-state index in [0.29, 0.717) is 26.3 Å². The van der Waals surface area contributed by atoms with E-state index >= 15 is 0 Å². The van der Waals surface area contributed by atoms with E-state index < -0.39 is 29.1 Å². The Bertz CT molecular complexity index is 748. The van der Waals surface area contributed by atoms with Crippen LogP contribution in [0.25, 0.3) is 0 Å². The number of ether oxygens (including phenoxy) is 3. The molecule has 1 saturated heterocycles. The summed E-state index contributed by atoms with van der Waals surface area (Å²) in [5.41, 5.74) is -3.50. The molecule has 1 aromatic rings. The average Bonchev–Trinajstić information content (AvgIpc) is 3.00. The number of anilines is 1. The third-order valence-electron chi connectivity index (χ3n) is 4.40. The highest BCUT2D eigenvalue weighted by molar-refractivity contribution is 5.84. The van der Waals surface area contributed by atoms with E-state index in [1.54, 1.807) is 4.90 Å². The maximum Gasteiger partial charge on any atom is 0.439 e. The van der Waals surface area contributed by atoms with Gasteiger partial charge in [0.05, 0.1) is 25.2 Å². The van der Waals surface area contributed by atoms with Crippen molar-refractivity contribution in [1.82, 2.24) is 0 Å². The van der Waals surface area contributed by atoms with Gasteiger partial charge < -0.3 is 19.1 Å². The number of carbonyl (C=O) groups is 1. The monoisotopic (exact) mass is 376 g/mol. The van der Waals surface area contributed by atoms with E-state index in [-0.39, 0.29) is 22.7 Å². The van der Waals surface area contributed by atoms with E-state index in [1.807, 2.05) is 0 Å². The molecule has 0 saturated carbocycles. The number of morpholine rings is 1. The number of esters is 1. The minimum absolute atomic E-state index is 0.0727. The molecule has 3 rings (SSSR count). The number of carbonyl (C=O) groups excluding carboxylic acids is 1. The second-order valence-corrected chi connectivity index (χ2v) is 5.90. The van der Waals surface area contributed by atoms with Gasteiger partial charge in [-0.1, -0.05) is 0 Å². The Labute approximate surface area is 145 Å². The zero-order chi connectivity index (χ0) is 19.1. The Morgan fingerprint density at radius 3 is 2.54 bits per heavy atom. The lowest BCUT2D eigenvalue weighted by Gasteiger charge is -2.29. The van der Waals surface area contributed by atoms with Crippen molar-refractivity contribution in [1.29, 1.82) is 0 Å². The fraction of sp³-hybridized carbons (Fsp3) is 0.533. The molecule has 1 aromatic carbocycles. The molecule has 0 bridgehead atoms. The van der Waals surface area contributed by atoms with Crippen molar-refractivity contribution < 1.29 is 37.1 Å². The van der Waals surface area contributed by atoms with Gasteiger partial charge in [-0.05, 0) is 0 Å². The van der Waals surface area contributed by atoms with Crippen molar-refractivity contribution in [2.45, 2.75) is 18.2 Å². The number of rotatable bonds is 3. The molecular weight excluding hydrogens is 361 g/mol. The minimum atomic E-state index is -5.05. The van der Waals surface area contributed by atoms with E-state index in [0.717, 1.165) is 13.2 Å². The molecule has 0 radical (unpaired) electrons. The van der Waals surface area contributed by atoms with Gasteiger partial charge in [0.2, 0.25) is 0 Å². The molecule has 0 aromatic heterocycles. The highest BCUT2D eigenvalue weighted by atomic mass is 19.4. The van der Waals surface area contributed by atoms with E-state index in [2.05, 4.69) is 4.74 Å². The van der Waals surface area contributed by atoms with Crippen LogP contribution < -0.4 is 9.64 Å². The molecule has 1 fully saturated rings. The number of methoxy groups -OCH3 is 1. The number of fused-ring (bicyclic) bond motifs is 1. The van der Waals surface area contributed by atoms with E-state index in [4.69, 9.17) is 9.47 Å². The Morgan fingerprint density at radius 1 is 1.35 bits per heavy atom. The van der Waals surface area contributed by atoms with Gasteiger partial charge in [0.25, 0.3) is 5.69 Å². The van der Waals surface area contributed by atoms with E-state index in [9.17, 15) is 28.1 Å². The lowest BCUT2D eigenvalue weighted by atomic mass is 9.96.